The third-order valence-electron chi connectivity index (χ3n) is 23.0. The van der Waals surface area contributed by atoms with Crippen LogP contribution in [0.5, 0.6) is 0 Å². The van der Waals surface area contributed by atoms with Gasteiger partial charge in [-0.05, 0) is 285 Å². The highest BCUT2D eigenvalue weighted by Crippen LogP contribution is 2.43. The van der Waals surface area contributed by atoms with Crippen molar-refractivity contribution in [2.45, 2.75) is 34.6 Å². The molecule has 0 heterocycles. The minimum atomic E-state index is 1.24. The smallest absolute Gasteiger partial charge is 0.00759 e. The zero-order valence-corrected chi connectivity index (χ0v) is 71.6. The molecule has 0 aliphatic carbocycles. The molecule has 20 aromatic rings. The van der Waals surface area contributed by atoms with Crippen LogP contribution in [-0.4, -0.2) is 0 Å². The second kappa shape index (κ2) is 41.1. The first-order chi connectivity index (χ1) is 61.6. The van der Waals surface area contributed by atoms with E-state index < -0.39 is 0 Å². The molecule has 0 nitrogen and oxygen atoms in total. The molecule has 0 N–H and O–H groups in total. The van der Waals surface area contributed by atoms with Gasteiger partial charge in [-0.2, -0.15) is 0 Å². The van der Waals surface area contributed by atoms with Crippen LogP contribution >= 0.6 is 0 Å². The van der Waals surface area contributed by atoms with Gasteiger partial charge in [0.1, 0.15) is 0 Å². The van der Waals surface area contributed by atoms with E-state index in [2.05, 4.69) is 550 Å². The van der Waals surface area contributed by atoms with Crippen molar-refractivity contribution < 1.29 is 0 Å². The summed E-state index contributed by atoms with van der Waals surface area (Å²) in [6.07, 6.45) is 0. The maximum atomic E-state index is 2.31. The molecule has 0 fully saturated rings. The Hall–Kier alpha value is -15.6. The van der Waals surface area contributed by atoms with Gasteiger partial charge >= 0.3 is 0 Å². The van der Waals surface area contributed by atoms with Crippen LogP contribution in [0.1, 0.15) is 27.8 Å². The van der Waals surface area contributed by atoms with Crippen molar-refractivity contribution in [1.82, 2.24) is 0 Å². The summed E-state index contributed by atoms with van der Waals surface area (Å²) >= 11 is 0. The van der Waals surface area contributed by atoms with Crippen LogP contribution in [0.2, 0.25) is 0 Å². The molecule has 125 heavy (non-hydrogen) atoms. The Balaban J connectivity index is 0.000000115. The number of aryl methyl sites for hydroxylation is 4. The van der Waals surface area contributed by atoms with E-state index in [1.807, 2.05) is 0 Å². The van der Waals surface area contributed by atoms with Gasteiger partial charge in [0.25, 0.3) is 0 Å². The second-order valence-corrected chi connectivity index (χ2v) is 31.7. The lowest BCUT2D eigenvalue weighted by Gasteiger charge is -2.16. The molecule has 0 bridgehead atoms. The summed E-state index contributed by atoms with van der Waals surface area (Å²) in [7, 11) is 0. The first kappa shape index (κ1) is 83.1. The van der Waals surface area contributed by atoms with Gasteiger partial charge in [-0.1, -0.05) is 460 Å². The quantitative estimate of drug-likeness (QED) is 0.0960. The van der Waals surface area contributed by atoms with Crippen molar-refractivity contribution in [3.63, 3.8) is 0 Å². The minimum Gasteiger partial charge on any atom is -0.0622 e. The maximum absolute atomic E-state index is 2.31. The van der Waals surface area contributed by atoms with E-state index in [0.717, 1.165) is 0 Å². The summed E-state index contributed by atoms with van der Waals surface area (Å²) in [5, 5.41) is 0. The molecular formula is C125H100. The fourth-order valence-electron chi connectivity index (χ4n) is 16.4. The average Bonchev–Trinajstić information content (AvgIpc) is 0.789. The molecule has 0 aliphatic heterocycles. The van der Waals surface area contributed by atoms with Gasteiger partial charge in [-0.15, -0.1) is 0 Å². The predicted octanol–water partition coefficient (Wildman–Crippen LogP) is 35.0. The number of rotatable bonds is 15. The van der Waals surface area contributed by atoms with Crippen molar-refractivity contribution in [3.05, 3.63) is 543 Å². The van der Waals surface area contributed by atoms with E-state index in [9.17, 15) is 0 Å². The van der Waals surface area contributed by atoms with Crippen LogP contribution in [0.15, 0.2) is 516 Å². The molecule has 0 spiro atoms. The first-order valence-electron chi connectivity index (χ1n) is 43.2. The molecule has 600 valence electrons. The van der Waals surface area contributed by atoms with Crippen LogP contribution in [0.3, 0.4) is 0 Å². The van der Waals surface area contributed by atoms with E-state index in [-0.39, 0.29) is 0 Å². The van der Waals surface area contributed by atoms with Gasteiger partial charge in [-0.25, -0.2) is 0 Å². The predicted molar refractivity (Wildman–Crippen MR) is 537 cm³/mol. The first-order valence-corrected chi connectivity index (χ1v) is 43.2. The van der Waals surface area contributed by atoms with Crippen LogP contribution in [0.4, 0.5) is 0 Å². The largest absolute Gasteiger partial charge is 0.0622 e. The molecule has 0 heteroatoms. The standard InChI is InChI=1S/5C25H20/c1-19-24(21-13-7-3-8-14-21)17-23(20-11-5-2-6-12-20)18-25(19)22-15-9-4-10-16-22;1-19-11-10-18-24(25(19)21-14-6-3-7-15-21)23-17-9-8-16-22(23)20-12-4-2-5-13-20;1-19-10-8-9-15-25(19)24-17-22(20-11-4-2-5-12-20)16-23(18-24)21-13-6-3-7-14-21;1-19-9-8-14-22(15-19)25-17-23(20-10-4-2-5-11-20)16-24(18-25)21-12-6-3-7-13-21;1-19-12-14-22(15-13-19)25-17-23(20-8-4-2-5-9-20)16-24(18-25)21-10-6-3-7-11-21/h5*2-18H,1H3. The zero-order chi connectivity index (χ0) is 85.3. The molecule has 0 aromatic heterocycles. The van der Waals surface area contributed by atoms with Crippen molar-refractivity contribution in [1.29, 1.82) is 0 Å². The van der Waals surface area contributed by atoms with Crippen molar-refractivity contribution >= 4 is 0 Å². The maximum Gasteiger partial charge on any atom is -0.00759 e. The monoisotopic (exact) mass is 1600 g/mol. The fourth-order valence-corrected chi connectivity index (χ4v) is 16.4. The Morgan fingerprint density at radius 2 is 0.336 bits per heavy atom. The van der Waals surface area contributed by atoms with E-state index in [4.69, 9.17) is 0 Å². The van der Waals surface area contributed by atoms with E-state index in [1.165, 1.54) is 195 Å². The van der Waals surface area contributed by atoms with Gasteiger partial charge in [0, 0.05) is 0 Å². The average molecular weight is 1600 g/mol. The topological polar surface area (TPSA) is 0 Å². The molecule has 0 radical (unpaired) electrons. The Kier molecular flexibility index (Phi) is 27.3. The van der Waals surface area contributed by atoms with Gasteiger partial charge in [0.2, 0.25) is 0 Å². The summed E-state index contributed by atoms with van der Waals surface area (Å²) in [6, 6.07) is 183. The molecule has 0 aliphatic rings. The molecule has 0 unspecified atom stereocenters. The molecule has 20 aromatic carbocycles. The highest BCUT2D eigenvalue weighted by molar-refractivity contribution is 5.94. The highest BCUT2D eigenvalue weighted by Gasteiger charge is 2.18. The van der Waals surface area contributed by atoms with Gasteiger partial charge in [0.05, 0.1) is 0 Å². The van der Waals surface area contributed by atoms with Crippen molar-refractivity contribution in [3.8, 4) is 167 Å². The third kappa shape index (κ3) is 21.2. The second-order valence-electron chi connectivity index (χ2n) is 31.7. The molecule has 0 atom stereocenters. The lowest BCUT2D eigenvalue weighted by Crippen LogP contribution is -1.91. The SMILES string of the molecule is Cc1c(-c2ccccc2)cc(-c2ccccc2)cc1-c1ccccc1.Cc1ccc(-c2cc(-c3ccccc3)cc(-c3ccccc3)c2)cc1.Cc1cccc(-c2cc(-c3ccccc3)cc(-c3ccccc3)c2)c1.Cc1cccc(-c2ccccc2-c2ccccc2)c1-c1ccccc1.Cc1ccccc1-c1cc(-c2ccccc2)cc(-c2ccccc2)c1. The molecule has 0 amide bonds. The fraction of sp³-hybridized carbons (Fsp3) is 0.0400. The number of benzene rings is 20. The summed E-state index contributed by atoms with van der Waals surface area (Å²) in [4.78, 5) is 0. The summed E-state index contributed by atoms with van der Waals surface area (Å²) in [5.74, 6) is 0. The zero-order valence-electron chi connectivity index (χ0n) is 71.6. The summed E-state index contributed by atoms with van der Waals surface area (Å²) < 4.78 is 0. The third-order valence-corrected chi connectivity index (χ3v) is 23.0. The summed E-state index contributed by atoms with van der Waals surface area (Å²) in [5.41, 5.74) is 44.3. The Labute approximate surface area is 739 Å². The Morgan fingerprint density at radius 1 is 0.104 bits per heavy atom. The molecular weight excluding hydrogens is 1500 g/mol. The van der Waals surface area contributed by atoms with E-state index in [1.54, 1.807) is 0 Å². The normalized spacial score (nSPS) is 10.6. The van der Waals surface area contributed by atoms with Crippen molar-refractivity contribution in [2.24, 2.45) is 0 Å². The molecule has 0 saturated heterocycles. The summed E-state index contributed by atoms with van der Waals surface area (Å²) in [6.45, 7) is 10.9. The van der Waals surface area contributed by atoms with Gasteiger partial charge in [-0.3, -0.25) is 0 Å². The lowest BCUT2D eigenvalue weighted by molar-refractivity contribution is 1.44. The van der Waals surface area contributed by atoms with E-state index >= 15 is 0 Å². The number of hydrogen-bond acceptors (Lipinski definition) is 0. The minimum absolute atomic E-state index is 1.24. The van der Waals surface area contributed by atoms with Gasteiger partial charge in [0.15, 0.2) is 0 Å². The van der Waals surface area contributed by atoms with Gasteiger partial charge < -0.3 is 0 Å². The molecule has 0 saturated carbocycles. The van der Waals surface area contributed by atoms with Crippen LogP contribution in [-0.2, 0) is 0 Å². The molecule has 20 rings (SSSR count). The highest BCUT2D eigenvalue weighted by atomic mass is 14.2. The van der Waals surface area contributed by atoms with Crippen LogP contribution < -0.4 is 0 Å². The Bertz CT molecular complexity index is 6600. The van der Waals surface area contributed by atoms with Crippen LogP contribution in [0, 0.1) is 34.6 Å². The lowest BCUT2D eigenvalue weighted by atomic mass is 9.87. The number of hydrogen-bond donors (Lipinski definition) is 0. The van der Waals surface area contributed by atoms with Crippen LogP contribution in [0.25, 0.3) is 167 Å². The van der Waals surface area contributed by atoms with E-state index in [0.29, 0.717) is 0 Å². The van der Waals surface area contributed by atoms with Crippen molar-refractivity contribution in [2.75, 3.05) is 0 Å². The Morgan fingerprint density at radius 3 is 0.672 bits per heavy atom.